The molecule has 2 aliphatic heterocycles. The molecule has 9 N–H and O–H groups in total. The minimum absolute atomic E-state index is 0.0346. The topological polar surface area (TPSA) is 253 Å². The number of carboxylic acid groups (broad SMARTS) is 2. The summed E-state index contributed by atoms with van der Waals surface area (Å²) in [6.07, 6.45) is -7.76. The van der Waals surface area contributed by atoms with Gasteiger partial charge in [-0.3, -0.25) is 9.59 Å². The Bertz CT molecular complexity index is 1590. The van der Waals surface area contributed by atoms with Crippen LogP contribution in [0.15, 0.2) is 11.6 Å². The summed E-state index contributed by atoms with van der Waals surface area (Å²) >= 11 is 0. The summed E-state index contributed by atoms with van der Waals surface area (Å²) in [5.74, 6) is -2.01. The zero-order chi connectivity index (χ0) is 41.8. The van der Waals surface area contributed by atoms with Crippen LogP contribution >= 0.6 is 0 Å². The van der Waals surface area contributed by atoms with Crippen LogP contribution in [0.4, 0.5) is 0 Å². The molecule has 7 rings (SSSR count). The molecule has 15 heteroatoms. The highest BCUT2D eigenvalue weighted by Crippen LogP contribution is 2.76. The molecule has 0 aromatic heterocycles. The van der Waals surface area contributed by atoms with Gasteiger partial charge in [0.25, 0.3) is 0 Å². The predicted molar refractivity (Wildman–Crippen MR) is 200 cm³/mol. The smallest absolute Gasteiger partial charge is 0.312 e. The van der Waals surface area contributed by atoms with Crippen molar-refractivity contribution < 1.29 is 74.5 Å². The Hall–Kier alpha value is -1.76. The van der Waals surface area contributed by atoms with Crippen LogP contribution in [0.2, 0.25) is 0 Å². The molecule has 5 aliphatic carbocycles. The molecule has 4 saturated carbocycles. The summed E-state index contributed by atoms with van der Waals surface area (Å²) in [6, 6.07) is 0. The number of hydrogen-bond donors (Lipinski definition) is 9. The van der Waals surface area contributed by atoms with Gasteiger partial charge in [0.1, 0.15) is 48.8 Å². The number of carboxylic acids is 2. The summed E-state index contributed by atoms with van der Waals surface area (Å²) in [5, 5.41) is 94.9. The van der Waals surface area contributed by atoms with Crippen molar-refractivity contribution in [3.05, 3.63) is 11.6 Å². The molecule has 2 saturated heterocycles. The van der Waals surface area contributed by atoms with E-state index in [2.05, 4.69) is 40.7 Å². The number of fused-ring (bicyclic) bond motifs is 7. The maximum atomic E-state index is 13.6. The first kappa shape index (κ1) is 43.3. The molecule has 7 aliphatic rings. The first-order valence-electron chi connectivity index (χ1n) is 21.0. The number of rotatable bonds is 8. The van der Waals surface area contributed by atoms with Gasteiger partial charge in [0.15, 0.2) is 12.6 Å². The maximum Gasteiger partial charge on any atom is 0.312 e. The first-order chi connectivity index (χ1) is 26.5. The van der Waals surface area contributed by atoms with Gasteiger partial charge in [0.05, 0.1) is 30.1 Å². The molecule has 2 heterocycles. The van der Waals surface area contributed by atoms with Crippen molar-refractivity contribution in [2.24, 2.45) is 50.2 Å². The van der Waals surface area contributed by atoms with Gasteiger partial charge in [-0.1, -0.05) is 46.3 Å². The van der Waals surface area contributed by atoms with Gasteiger partial charge >= 0.3 is 11.9 Å². The van der Waals surface area contributed by atoms with Crippen LogP contribution in [-0.4, -0.2) is 139 Å². The van der Waals surface area contributed by atoms with Crippen molar-refractivity contribution in [1.29, 1.82) is 0 Å². The van der Waals surface area contributed by atoms with Crippen molar-refractivity contribution >= 4 is 11.9 Å². The highest BCUT2D eigenvalue weighted by Gasteiger charge is 2.71. The molecule has 0 radical (unpaired) electrons. The van der Waals surface area contributed by atoms with Crippen molar-refractivity contribution in [3.63, 3.8) is 0 Å². The van der Waals surface area contributed by atoms with Gasteiger partial charge in [-0.2, -0.15) is 0 Å². The molecule has 324 valence electrons. The van der Waals surface area contributed by atoms with Gasteiger partial charge < -0.3 is 64.9 Å². The SMILES string of the molecule is CC1(C)CC[C@@]2(C(=O)O)CC[C@]3(C)C(=CC[C@@H]4[C@@]5(C)CC[C@@H](O[C@H]6O[C@@H](CO[C@H]7O[C@@H](CO)[C@H](O)[C@@H](O)[C@@H]7O)[C@H](O)[C@@H](O)[C@@H]6O)[C@](C)(C(=O)O)[C@@H]5CC[C@]43C)[C@H]2C1. The second-order valence-electron chi connectivity index (χ2n) is 20.5. The van der Waals surface area contributed by atoms with Gasteiger partial charge in [0.2, 0.25) is 0 Å². The Balaban J connectivity index is 1.12. The minimum atomic E-state index is -1.78. The lowest BCUT2D eigenvalue weighted by molar-refractivity contribution is -0.345. The zero-order valence-electron chi connectivity index (χ0n) is 34.1. The third-order valence-corrected chi connectivity index (χ3v) is 17.4. The lowest BCUT2D eigenvalue weighted by atomic mass is 9.33. The highest BCUT2D eigenvalue weighted by molar-refractivity contribution is 5.77. The quantitative estimate of drug-likeness (QED) is 0.126. The molecule has 57 heavy (non-hydrogen) atoms. The molecule has 6 fully saturated rings. The monoisotopic (exact) mass is 810 g/mol. The van der Waals surface area contributed by atoms with Gasteiger partial charge in [-0.15, -0.1) is 0 Å². The molecule has 0 aromatic carbocycles. The summed E-state index contributed by atoms with van der Waals surface area (Å²) in [5.41, 5.74) is -1.77. The number of aliphatic hydroxyl groups excluding tert-OH is 7. The highest BCUT2D eigenvalue weighted by atomic mass is 16.7. The zero-order valence-corrected chi connectivity index (χ0v) is 34.1. The van der Waals surface area contributed by atoms with Crippen molar-refractivity contribution in [2.45, 2.75) is 173 Å². The Morgan fingerprint density at radius 3 is 1.96 bits per heavy atom. The first-order valence-corrected chi connectivity index (χ1v) is 21.0. The van der Waals surface area contributed by atoms with E-state index in [1.165, 1.54) is 5.57 Å². The molecule has 0 amide bonds. The van der Waals surface area contributed by atoms with Crippen LogP contribution in [0.5, 0.6) is 0 Å². The third kappa shape index (κ3) is 6.39. The summed E-state index contributed by atoms with van der Waals surface area (Å²) < 4.78 is 23.3. The van der Waals surface area contributed by atoms with E-state index >= 15 is 0 Å². The van der Waals surface area contributed by atoms with E-state index in [9.17, 15) is 55.5 Å². The van der Waals surface area contributed by atoms with E-state index in [4.69, 9.17) is 18.9 Å². The van der Waals surface area contributed by atoms with Crippen LogP contribution in [0.1, 0.15) is 106 Å². The van der Waals surface area contributed by atoms with E-state index < -0.39 is 109 Å². The number of aliphatic hydroxyl groups is 7. The third-order valence-electron chi connectivity index (χ3n) is 17.4. The molecule has 15 nitrogen and oxygen atoms in total. The fourth-order valence-corrected chi connectivity index (χ4v) is 13.5. The normalized spacial score (nSPS) is 53.3. The predicted octanol–water partition coefficient (Wildman–Crippen LogP) is 1.95. The average molecular weight is 811 g/mol. The molecule has 0 bridgehead atoms. The lowest BCUT2D eigenvalue weighted by Gasteiger charge is -2.71. The van der Waals surface area contributed by atoms with Crippen LogP contribution in [0.3, 0.4) is 0 Å². The molecular formula is C42H66O15. The van der Waals surface area contributed by atoms with Crippen LogP contribution in [0.25, 0.3) is 0 Å². The number of ether oxygens (including phenoxy) is 4. The number of aliphatic carboxylic acids is 2. The fourth-order valence-electron chi connectivity index (χ4n) is 13.5. The van der Waals surface area contributed by atoms with Crippen LogP contribution in [0, 0.1) is 50.2 Å². The number of allylic oxidation sites excluding steroid dienone is 2. The van der Waals surface area contributed by atoms with Gasteiger partial charge in [-0.05, 0) is 111 Å². The number of carbonyl (C=O) groups is 2. The second-order valence-corrected chi connectivity index (χ2v) is 20.5. The Kier molecular flexibility index (Phi) is 11.2. The van der Waals surface area contributed by atoms with Crippen LogP contribution in [-0.2, 0) is 28.5 Å². The minimum Gasteiger partial charge on any atom is -0.481 e. The molecule has 0 aromatic rings. The summed E-state index contributed by atoms with van der Waals surface area (Å²) in [6.45, 7) is 11.9. The Labute approximate surface area is 334 Å². The Morgan fingerprint density at radius 2 is 1.33 bits per heavy atom. The second kappa shape index (κ2) is 14.7. The lowest BCUT2D eigenvalue weighted by Crippen LogP contribution is -2.67. The van der Waals surface area contributed by atoms with E-state index in [1.54, 1.807) is 6.92 Å². The van der Waals surface area contributed by atoms with Crippen molar-refractivity contribution in [3.8, 4) is 0 Å². The van der Waals surface area contributed by atoms with Crippen LogP contribution < -0.4 is 0 Å². The fraction of sp³-hybridized carbons (Fsp3) is 0.905. The number of hydrogen-bond acceptors (Lipinski definition) is 13. The molecular weight excluding hydrogens is 744 g/mol. The Morgan fingerprint density at radius 1 is 0.719 bits per heavy atom. The average Bonchev–Trinajstić information content (AvgIpc) is 3.15. The van der Waals surface area contributed by atoms with E-state index in [-0.39, 0.29) is 34.0 Å². The largest absolute Gasteiger partial charge is 0.481 e. The standard InChI is InChI=1S/C42H66O15/c1-37(2)13-15-42(36(52)53)16-14-39(4)20(21(42)17-37)7-8-24-38(3)11-10-26(41(6,35(50)51)25(38)9-12-40(24,39)5)57-34-32(49)30(47)28(45)23(56-34)19-54-33-31(48)29(46)27(44)22(18-43)55-33/h7,21-34,43-49H,8-19H2,1-6H3,(H,50,51)(H,52,53)/t21-,22+,23+,24-,25-,26-,27+,28+,29-,30-,31+,32+,33+,34-,38-,39-,40-,41-,42-/m1/s1. The van der Waals surface area contributed by atoms with Crippen molar-refractivity contribution in [1.82, 2.24) is 0 Å². The van der Waals surface area contributed by atoms with E-state index in [0.717, 1.165) is 32.1 Å². The molecule has 19 atom stereocenters. The van der Waals surface area contributed by atoms with E-state index in [1.807, 2.05) is 0 Å². The van der Waals surface area contributed by atoms with E-state index in [0.29, 0.717) is 32.1 Å². The molecule has 0 spiro atoms. The van der Waals surface area contributed by atoms with Crippen molar-refractivity contribution in [2.75, 3.05) is 13.2 Å². The van der Waals surface area contributed by atoms with Gasteiger partial charge in [0, 0.05) is 0 Å². The maximum absolute atomic E-state index is 13.6. The summed E-state index contributed by atoms with van der Waals surface area (Å²) in [7, 11) is 0. The van der Waals surface area contributed by atoms with Gasteiger partial charge in [-0.25, -0.2) is 0 Å². The summed E-state index contributed by atoms with van der Waals surface area (Å²) in [4.78, 5) is 26.6. The molecule has 0 unspecified atom stereocenters.